The first-order valence-electron chi connectivity index (χ1n) is 11.8. The number of aliphatic hydroxyl groups is 1. The predicted octanol–water partition coefficient (Wildman–Crippen LogP) is 2.05. The van der Waals surface area contributed by atoms with Crippen molar-refractivity contribution in [3.05, 3.63) is 34.6 Å². The van der Waals surface area contributed by atoms with Crippen molar-refractivity contribution < 1.29 is 38.4 Å². The van der Waals surface area contributed by atoms with E-state index in [0.717, 1.165) is 48.4 Å². The van der Waals surface area contributed by atoms with E-state index < -0.39 is 30.1 Å². The number of nitrogens with zero attached hydrogens (tertiary/aromatic N) is 1. The summed E-state index contributed by atoms with van der Waals surface area (Å²) < 4.78 is 27.8. The molecule has 1 saturated heterocycles. The quantitative estimate of drug-likeness (QED) is 0.596. The molecule has 4 aliphatic rings. The smallest absolute Gasteiger partial charge is 0.339 e. The van der Waals surface area contributed by atoms with E-state index in [4.69, 9.17) is 23.7 Å². The summed E-state index contributed by atoms with van der Waals surface area (Å²) in [5, 5.41) is 11.1. The second-order valence-electron chi connectivity index (χ2n) is 9.36. The topological polar surface area (TPSA) is 104 Å². The summed E-state index contributed by atoms with van der Waals surface area (Å²) in [6, 6.07) is 4.05. The summed E-state index contributed by atoms with van der Waals surface area (Å²) >= 11 is 0. The van der Waals surface area contributed by atoms with E-state index in [1.807, 2.05) is 19.1 Å². The van der Waals surface area contributed by atoms with E-state index in [0.29, 0.717) is 17.9 Å². The number of hydrogen-bond donors (Lipinski definition) is 1. The molecule has 9 heteroatoms. The van der Waals surface area contributed by atoms with Gasteiger partial charge in [0.1, 0.15) is 5.76 Å². The van der Waals surface area contributed by atoms with Crippen molar-refractivity contribution in [2.45, 2.75) is 62.7 Å². The molecule has 1 aromatic carbocycles. The summed E-state index contributed by atoms with van der Waals surface area (Å²) in [4.78, 5) is 27.7. The van der Waals surface area contributed by atoms with Crippen LogP contribution in [0.15, 0.2) is 23.5 Å². The fraction of sp³-hybridized carbons (Fsp3) is 0.600. The Labute approximate surface area is 198 Å². The molecule has 3 unspecified atom stereocenters. The molecule has 34 heavy (non-hydrogen) atoms. The summed E-state index contributed by atoms with van der Waals surface area (Å²) in [6.45, 7) is 3.80. The average Bonchev–Trinajstić information content (AvgIpc) is 3.48. The number of carbonyl (C=O) groups excluding carboxylic acids is 2. The van der Waals surface area contributed by atoms with Gasteiger partial charge in [-0.2, -0.15) is 0 Å². The molecule has 0 saturated carbocycles. The van der Waals surface area contributed by atoms with Crippen LogP contribution in [0.2, 0.25) is 0 Å². The minimum atomic E-state index is -1.97. The van der Waals surface area contributed by atoms with Crippen LogP contribution in [0.5, 0.6) is 11.5 Å². The van der Waals surface area contributed by atoms with Crippen LogP contribution in [0.3, 0.4) is 0 Å². The van der Waals surface area contributed by atoms with E-state index in [-0.39, 0.29) is 25.2 Å². The van der Waals surface area contributed by atoms with Crippen LogP contribution < -0.4 is 9.47 Å². The van der Waals surface area contributed by atoms with Crippen molar-refractivity contribution >= 4 is 11.9 Å². The molecule has 5 rings (SSSR count). The van der Waals surface area contributed by atoms with Crippen molar-refractivity contribution in [2.75, 3.05) is 34.1 Å². The van der Waals surface area contributed by atoms with E-state index in [1.165, 1.54) is 7.11 Å². The number of benzene rings is 1. The zero-order valence-corrected chi connectivity index (χ0v) is 19.8. The van der Waals surface area contributed by atoms with Gasteiger partial charge in [0.05, 0.1) is 20.6 Å². The number of carbonyl (C=O) groups is 2. The lowest BCUT2D eigenvalue weighted by Gasteiger charge is -2.32. The highest BCUT2D eigenvalue weighted by atomic mass is 16.7. The highest BCUT2D eigenvalue weighted by molar-refractivity contribution is 5.86. The molecule has 3 aliphatic heterocycles. The zero-order chi connectivity index (χ0) is 24.0. The van der Waals surface area contributed by atoms with Gasteiger partial charge in [0.25, 0.3) is 0 Å². The number of methoxy groups -OCH3 is 2. The molecule has 1 fully saturated rings. The Morgan fingerprint density at radius 3 is 2.62 bits per heavy atom. The number of esters is 2. The third kappa shape index (κ3) is 3.62. The molecular formula is C25H31NO8. The molecule has 1 aromatic rings. The van der Waals surface area contributed by atoms with Crippen molar-refractivity contribution in [3.8, 4) is 11.5 Å². The normalized spacial score (nSPS) is 26.4. The molecule has 3 heterocycles. The van der Waals surface area contributed by atoms with Crippen molar-refractivity contribution in [1.29, 1.82) is 0 Å². The molecule has 1 N–H and O–H groups in total. The number of rotatable bonds is 7. The van der Waals surface area contributed by atoms with Gasteiger partial charge < -0.3 is 28.8 Å². The monoisotopic (exact) mass is 473 g/mol. The standard InChI is InChI=1S/C25H31NO8/c1-4-7-25(29,12-19(27)30-2)24(28)34-23-20-16-11-18-17(32-13-33-18)10-14(16)5-8-26-9-6-15(21(20)26)22(23)31-3/h10-11,20-21,23,29H,4-9,12-13H2,1-3H3/t20-,21?,23?,25?/m0/s1. The summed E-state index contributed by atoms with van der Waals surface area (Å²) in [6.07, 6.45) is 1.08. The fourth-order valence-electron chi connectivity index (χ4n) is 5.96. The largest absolute Gasteiger partial charge is 0.497 e. The van der Waals surface area contributed by atoms with Gasteiger partial charge in [-0.3, -0.25) is 9.69 Å². The van der Waals surface area contributed by atoms with Crippen LogP contribution in [0, 0.1) is 0 Å². The zero-order valence-electron chi connectivity index (χ0n) is 19.8. The van der Waals surface area contributed by atoms with Gasteiger partial charge in [0, 0.05) is 25.0 Å². The maximum absolute atomic E-state index is 13.4. The second kappa shape index (κ2) is 8.78. The molecular weight excluding hydrogens is 442 g/mol. The predicted molar refractivity (Wildman–Crippen MR) is 119 cm³/mol. The van der Waals surface area contributed by atoms with Crippen molar-refractivity contribution in [2.24, 2.45) is 0 Å². The first kappa shape index (κ1) is 23.0. The van der Waals surface area contributed by atoms with Crippen LogP contribution in [0.25, 0.3) is 0 Å². The van der Waals surface area contributed by atoms with E-state index in [9.17, 15) is 14.7 Å². The number of hydrogen-bond acceptors (Lipinski definition) is 9. The Morgan fingerprint density at radius 1 is 1.18 bits per heavy atom. The van der Waals surface area contributed by atoms with Gasteiger partial charge in [-0.1, -0.05) is 13.3 Å². The van der Waals surface area contributed by atoms with Gasteiger partial charge in [0.15, 0.2) is 23.2 Å². The first-order chi connectivity index (χ1) is 16.4. The Morgan fingerprint density at radius 2 is 1.91 bits per heavy atom. The molecule has 0 bridgehead atoms. The third-order valence-electron chi connectivity index (χ3n) is 7.48. The third-order valence-corrected chi connectivity index (χ3v) is 7.48. The van der Waals surface area contributed by atoms with Crippen LogP contribution >= 0.6 is 0 Å². The lowest BCUT2D eigenvalue weighted by Crippen LogP contribution is -2.45. The second-order valence-corrected chi connectivity index (χ2v) is 9.36. The molecule has 0 radical (unpaired) electrons. The molecule has 0 amide bonds. The Kier molecular flexibility index (Phi) is 5.93. The minimum absolute atomic E-state index is 0.0363. The van der Waals surface area contributed by atoms with Gasteiger partial charge in [-0.05, 0) is 48.1 Å². The molecule has 1 aliphatic carbocycles. The summed E-state index contributed by atoms with van der Waals surface area (Å²) in [7, 11) is 2.82. The Hall–Kier alpha value is -2.78. The lowest BCUT2D eigenvalue weighted by atomic mass is 9.86. The van der Waals surface area contributed by atoms with Crippen LogP contribution in [0.4, 0.5) is 0 Å². The first-order valence-corrected chi connectivity index (χ1v) is 11.8. The van der Waals surface area contributed by atoms with E-state index >= 15 is 0 Å². The van der Waals surface area contributed by atoms with Gasteiger partial charge in [-0.25, -0.2) is 4.79 Å². The maximum Gasteiger partial charge on any atom is 0.339 e. The van der Waals surface area contributed by atoms with Crippen molar-refractivity contribution in [3.63, 3.8) is 0 Å². The SMILES string of the molecule is CCCC(O)(CC(=O)OC)C(=O)OC1C(OC)=C2CCN3CCc4cc5c(cc4[C@H]1C23)OCO5. The average molecular weight is 474 g/mol. The van der Waals surface area contributed by atoms with Crippen LogP contribution in [-0.4, -0.2) is 73.8 Å². The molecule has 4 atom stereocenters. The molecule has 9 nitrogen and oxygen atoms in total. The van der Waals surface area contributed by atoms with E-state index in [2.05, 4.69) is 4.90 Å². The lowest BCUT2D eigenvalue weighted by molar-refractivity contribution is -0.178. The Bertz CT molecular complexity index is 1040. The van der Waals surface area contributed by atoms with Gasteiger partial charge in [0.2, 0.25) is 6.79 Å². The number of fused-ring (bicyclic) bond motifs is 3. The molecule has 184 valence electrons. The highest BCUT2D eigenvalue weighted by Crippen LogP contribution is 2.52. The molecule has 0 aromatic heterocycles. The summed E-state index contributed by atoms with van der Waals surface area (Å²) in [5.41, 5.74) is 1.32. The van der Waals surface area contributed by atoms with Crippen LogP contribution in [-0.2, 0) is 30.2 Å². The minimum Gasteiger partial charge on any atom is -0.497 e. The highest BCUT2D eigenvalue weighted by Gasteiger charge is 2.54. The van der Waals surface area contributed by atoms with Crippen LogP contribution in [0.1, 0.15) is 49.7 Å². The van der Waals surface area contributed by atoms with Gasteiger partial charge >= 0.3 is 11.9 Å². The fourth-order valence-corrected chi connectivity index (χ4v) is 5.96. The van der Waals surface area contributed by atoms with Gasteiger partial charge in [-0.15, -0.1) is 0 Å². The Balaban J connectivity index is 1.54. The van der Waals surface area contributed by atoms with E-state index in [1.54, 1.807) is 7.11 Å². The van der Waals surface area contributed by atoms with Crippen molar-refractivity contribution in [1.82, 2.24) is 4.90 Å². The molecule has 0 spiro atoms. The maximum atomic E-state index is 13.4. The number of ether oxygens (including phenoxy) is 5. The summed E-state index contributed by atoms with van der Waals surface area (Å²) in [5.74, 6) is 0.317.